The van der Waals surface area contributed by atoms with Gasteiger partial charge >= 0.3 is 0 Å². The summed E-state index contributed by atoms with van der Waals surface area (Å²) in [6.07, 6.45) is 4.66. The van der Waals surface area contributed by atoms with E-state index in [4.69, 9.17) is 10.5 Å². The maximum absolute atomic E-state index is 12.3. The summed E-state index contributed by atoms with van der Waals surface area (Å²) < 4.78 is 32.0. The fourth-order valence-electron chi connectivity index (χ4n) is 2.65. The van der Waals surface area contributed by atoms with Crippen LogP contribution in [0, 0.1) is 5.92 Å². The summed E-state index contributed by atoms with van der Waals surface area (Å²) in [5, 5.41) is 0. The van der Waals surface area contributed by atoms with Gasteiger partial charge in [-0.2, -0.15) is 0 Å². The second kappa shape index (κ2) is 8.97. The quantitative estimate of drug-likeness (QED) is 0.657. The maximum Gasteiger partial charge on any atom is 0.214 e. The van der Waals surface area contributed by atoms with Crippen LogP contribution in [0.25, 0.3) is 0 Å². The summed E-state index contributed by atoms with van der Waals surface area (Å²) >= 11 is 0. The molecule has 20 heavy (non-hydrogen) atoms. The fourth-order valence-corrected chi connectivity index (χ4v) is 4.52. The monoisotopic (exact) mass is 306 g/mol. The van der Waals surface area contributed by atoms with Gasteiger partial charge in [-0.25, -0.2) is 12.7 Å². The van der Waals surface area contributed by atoms with Gasteiger partial charge in [-0.3, -0.25) is 0 Å². The van der Waals surface area contributed by atoms with Crippen molar-refractivity contribution in [2.75, 3.05) is 32.0 Å². The zero-order chi connectivity index (χ0) is 15.0. The van der Waals surface area contributed by atoms with Crippen molar-refractivity contribution in [3.63, 3.8) is 0 Å². The maximum atomic E-state index is 12.3. The second-order valence-electron chi connectivity index (χ2n) is 5.78. The first-order valence-corrected chi connectivity index (χ1v) is 9.40. The lowest BCUT2D eigenvalue weighted by Crippen LogP contribution is -2.42. The Kier molecular flexibility index (Phi) is 8.02. The molecule has 0 aromatic carbocycles. The molecule has 0 saturated carbocycles. The van der Waals surface area contributed by atoms with E-state index in [2.05, 4.69) is 6.92 Å². The highest BCUT2D eigenvalue weighted by Crippen LogP contribution is 2.19. The Morgan fingerprint density at radius 3 is 2.55 bits per heavy atom. The molecule has 0 aliphatic carbocycles. The topological polar surface area (TPSA) is 72.6 Å². The van der Waals surface area contributed by atoms with Crippen molar-refractivity contribution in [3.8, 4) is 0 Å². The van der Waals surface area contributed by atoms with E-state index in [0.717, 1.165) is 32.1 Å². The van der Waals surface area contributed by atoms with Crippen molar-refractivity contribution in [1.82, 2.24) is 4.31 Å². The van der Waals surface area contributed by atoms with Crippen LogP contribution >= 0.6 is 0 Å². The number of piperidine rings is 1. The smallest absolute Gasteiger partial charge is 0.214 e. The second-order valence-corrected chi connectivity index (χ2v) is 7.80. The Balaban J connectivity index is 2.36. The number of hydrogen-bond donors (Lipinski definition) is 1. The molecule has 0 spiro atoms. The lowest BCUT2D eigenvalue weighted by Gasteiger charge is -2.31. The van der Waals surface area contributed by atoms with E-state index in [-0.39, 0.29) is 17.8 Å². The van der Waals surface area contributed by atoms with Crippen LogP contribution in [0.2, 0.25) is 0 Å². The van der Waals surface area contributed by atoms with Crippen LogP contribution in [0.4, 0.5) is 0 Å². The molecule has 0 aromatic heterocycles. The summed E-state index contributed by atoms with van der Waals surface area (Å²) in [7, 11) is -3.10. The van der Waals surface area contributed by atoms with Crippen molar-refractivity contribution >= 4 is 10.0 Å². The molecule has 0 amide bonds. The largest absolute Gasteiger partial charge is 0.378 e. The average molecular weight is 306 g/mol. The van der Waals surface area contributed by atoms with Crippen LogP contribution < -0.4 is 5.73 Å². The van der Waals surface area contributed by atoms with Crippen LogP contribution in [0.3, 0.4) is 0 Å². The predicted octanol–water partition coefficient (Wildman–Crippen LogP) is 1.58. The average Bonchev–Trinajstić information content (AvgIpc) is 2.39. The van der Waals surface area contributed by atoms with E-state index in [1.54, 1.807) is 4.31 Å². The lowest BCUT2D eigenvalue weighted by molar-refractivity contribution is 0.0208. The zero-order valence-corrected chi connectivity index (χ0v) is 13.7. The Morgan fingerprint density at radius 1 is 1.35 bits per heavy atom. The van der Waals surface area contributed by atoms with E-state index in [9.17, 15) is 8.42 Å². The number of ether oxygens (including phenoxy) is 1. The number of nitrogens with zero attached hydrogens (tertiary/aromatic N) is 1. The lowest BCUT2D eigenvalue weighted by atomic mass is 10.1. The van der Waals surface area contributed by atoms with E-state index >= 15 is 0 Å². The van der Waals surface area contributed by atoms with Crippen LogP contribution in [-0.2, 0) is 14.8 Å². The molecule has 1 aliphatic heterocycles. The van der Waals surface area contributed by atoms with Gasteiger partial charge in [0.25, 0.3) is 0 Å². The van der Waals surface area contributed by atoms with Gasteiger partial charge in [0, 0.05) is 19.7 Å². The molecule has 5 nitrogen and oxygen atoms in total. The first-order valence-electron chi connectivity index (χ1n) is 7.79. The minimum atomic E-state index is -3.10. The minimum absolute atomic E-state index is 0.195. The summed E-state index contributed by atoms with van der Waals surface area (Å²) in [6, 6.07) is 0. The van der Waals surface area contributed by atoms with Crippen molar-refractivity contribution < 1.29 is 13.2 Å². The molecule has 0 radical (unpaired) electrons. The third kappa shape index (κ3) is 6.08. The molecule has 0 bridgehead atoms. The highest BCUT2D eigenvalue weighted by Gasteiger charge is 2.29. The number of rotatable bonds is 9. The van der Waals surface area contributed by atoms with E-state index in [1.165, 1.54) is 0 Å². The summed E-state index contributed by atoms with van der Waals surface area (Å²) in [5.41, 5.74) is 5.43. The van der Waals surface area contributed by atoms with Crippen LogP contribution in [-0.4, -0.2) is 50.8 Å². The van der Waals surface area contributed by atoms with Crippen LogP contribution in [0.15, 0.2) is 0 Å². The number of nitrogens with two attached hydrogens (primary N) is 1. The molecule has 0 aromatic rings. The Labute approximate surface area is 123 Å². The normalized spacial score (nSPS) is 20.1. The highest BCUT2D eigenvalue weighted by atomic mass is 32.2. The van der Waals surface area contributed by atoms with Gasteiger partial charge in [-0.15, -0.1) is 0 Å². The van der Waals surface area contributed by atoms with Gasteiger partial charge in [0.15, 0.2) is 0 Å². The SMILES string of the molecule is CCCC(C)CS(=O)(=O)N1CCC(OCCCN)CC1. The molecule has 1 unspecified atom stereocenters. The van der Waals surface area contributed by atoms with Crippen molar-refractivity contribution in [2.24, 2.45) is 11.7 Å². The van der Waals surface area contributed by atoms with Gasteiger partial charge in [-0.1, -0.05) is 20.3 Å². The molecule has 1 rings (SSSR count). The van der Waals surface area contributed by atoms with Gasteiger partial charge < -0.3 is 10.5 Å². The third-order valence-electron chi connectivity index (χ3n) is 3.77. The molecule has 1 atom stereocenters. The minimum Gasteiger partial charge on any atom is -0.378 e. The molecule has 1 saturated heterocycles. The van der Waals surface area contributed by atoms with Crippen molar-refractivity contribution in [2.45, 2.75) is 52.1 Å². The molecule has 1 aliphatic rings. The Morgan fingerprint density at radius 2 is 2.00 bits per heavy atom. The summed E-state index contributed by atoms with van der Waals surface area (Å²) in [5.74, 6) is 0.517. The number of hydrogen-bond acceptors (Lipinski definition) is 4. The zero-order valence-electron chi connectivity index (χ0n) is 12.9. The number of sulfonamides is 1. The Hall–Kier alpha value is -0.170. The molecule has 1 heterocycles. The van der Waals surface area contributed by atoms with E-state index in [0.29, 0.717) is 26.2 Å². The first-order chi connectivity index (χ1) is 9.49. The van der Waals surface area contributed by atoms with Gasteiger partial charge in [0.2, 0.25) is 10.0 Å². The van der Waals surface area contributed by atoms with Gasteiger partial charge in [0.1, 0.15) is 0 Å². The standard InChI is InChI=1S/C14H30N2O3S/c1-3-5-13(2)12-20(17,18)16-9-6-14(7-10-16)19-11-4-8-15/h13-14H,3-12,15H2,1-2H3. The molecular formula is C14H30N2O3S. The first kappa shape index (κ1) is 17.9. The van der Waals surface area contributed by atoms with Crippen LogP contribution in [0.5, 0.6) is 0 Å². The molecule has 1 fully saturated rings. The Bertz CT molecular complexity index is 351. The van der Waals surface area contributed by atoms with Crippen LogP contribution in [0.1, 0.15) is 46.0 Å². The summed E-state index contributed by atoms with van der Waals surface area (Å²) in [6.45, 7) is 6.62. The van der Waals surface area contributed by atoms with Crippen molar-refractivity contribution in [3.05, 3.63) is 0 Å². The highest BCUT2D eigenvalue weighted by molar-refractivity contribution is 7.89. The molecule has 2 N–H and O–H groups in total. The van der Waals surface area contributed by atoms with E-state index < -0.39 is 10.0 Å². The molecule has 6 heteroatoms. The summed E-state index contributed by atoms with van der Waals surface area (Å²) in [4.78, 5) is 0. The fraction of sp³-hybridized carbons (Fsp3) is 1.00. The van der Waals surface area contributed by atoms with Gasteiger partial charge in [-0.05, 0) is 38.1 Å². The predicted molar refractivity (Wildman–Crippen MR) is 82.1 cm³/mol. The van der Waals surface area contributed by atoms with Crippen molar-refractivity contribution in [1.29, 1.82) is 0 Å². The molecule has 120 valence electrons. The third-order valence-corrected chi connectivity index (χ3v) is 5.92. The van der Waals surface area contributed by atoms with E-state index in [1.807, 2.05) is 6.92 Å². The van der Waals surface area contributed by atoms with Gasteiger partial charge in [0.05, 0.1) is 11.9 Å². The molecular weight excluding hydrogens is 276 g/mol.